The minimum absolute atomic E-state index is 0.00852. The highest BCUT2D eigenvalue weighted by atomic mass is 16.4. The molecule has 0 spiro atoms. The first-order chi connectivity index (χ1) is 8.47. The van der Waals surface area contributed by atoms with Gasteiger partial charge in [0.15, 0.2) is 0 Å². The normalized spacial score (nSPS) is 10.9. The van der Waals surface area contributed by atoms with E-state index in [-0.39, 0.29) is 6.42 Å². The number of aliphatic carboxylic acids is 1. The first-order valence-corrected chi connectivity index (χ1v) is 6.21. The van der Waals surface area contributed by atoms with Crippen LogP contribution in [0.25, 0.3) is 0 Å². The van der Waals surface area contributed by atoms with E-state index in [1.807, 2.05) is 32.8 Å². The fourth-order valence-electron chi connectivity index (χ4n) is 1.93. The topological polar surface area (TPSA) is 66.3 Å². The third-order valence-corrected chi connectivity index (χ3v) is 2.68. The summed E-state index contributed by atoms with van der Waals surface area (Å²) in [5, 5.41) is 8.96. The average Bonchev–Trinajstić information content (AvgIpc) is 2.29. The van der Waals surface area contributed by atoms with Gasteiger partial charge in [-0.15, -0.1) is 0 Å². The van der Waals surface area contributed by atoms with Crippen molar-refractivity contribution in [1.29, 1.82) is 0 Å². The molecule has 1 N–H and O–H groups in total. The predicted molar refractivity (Wildman–Crippen MR) is 69.5 cm³/mol. The van der Waals surface area contributed by atoms with Crippen LogP contribution in [0.5, 0.6) is 0 Å². The van der Waals surface area contributed by atoms with Crippen LogP contribution in [0.4, 0.5) is 0 Å². The monoisotopic (exact) mass is 251 g/mol. The Morgan fingerprint density at radius 3 is 2.00 bits per heavy atom. The Kier molecular flexibility index (Phi) is 5.22. The highest BCUT2D eigenvalue weighted by Gasteiger charge is 2.15. The van der Waals surface area contributed by atoms with Crippen molar-refractivity contribution in [2.24, 2.45) is 0 Å². The second-order valence-electron chi connectivity index (χ2n) is 4.53. The lowest BCUT2D eigenvalue weighted by Gasteiger charge is -2.14. The molecule has 0 atom stereocenters. The number of nitrogens with zero attached hydrogens (tertiary/aromatic N) is 3. The molecular weight excluding hydrogens is 230 g/mol. The summed E-state index contributed by atoms with van der Waals surface area (Å²) in [5.74, 6) is -0.0637. The first-order valence-electron chi connectivity index (χ1n) is 6.21. The molecule has 0 bridgehead atoms. The summed E-state index contributed by atoms with van der Waals surface area (Å²) in [6.45, 7) is 4.66. The molecule has 0 unspecified atom stereocenters. The molecule has 0 fully saturated rings. The van der Waals surface area contributed by atoms with Crippen molar-refractivity contribution in [3.63, 3.8) is 0 Å². The maximum Gasteiger partial charge on any atom is 0.307 e. The van der Waals surface area contributed by atoms with Gasteiger partial charge < -0.3 is 10.0 Å². The molecule has 0 aliphatic rings. The Morgan fingerprint density at radius 1 is 1.17 bits per heavy atom. The van der Waals surface area contributed by atoms with Crippen molar-refractivity contribution >= 4 is 5.97 Å². The maximum absolute atomic E-state index is 10.9. The Hall–Kier alpha value is -1.49. The van der Waals surface area contributed by atoms with E-state index in [1.54, 1.807) is 0 Å². The van der Waals surface area contributed by atoms with Gasteiger partial charge in [0.25, 0.3) is 0 Å². The molecule has 100 valence electrons. The Morgan fingerprint density at radius 2 is 1.67 bits per heavy atom. The van der Waals surface area contributed by atoms with E-state index in [0.29, 0.717) is 6.54 Å². The van der Waals surface area contributed by atoms with Gasteiger partial charge in [0.1, 0.15) is 5.82 Å². The number of hydrogen-bond donors (Lipinski definition) is 1. The van der Waals surface area contributed by atoms with Crippen LogP contribution in [0.3, 0.4) is 0 Å². The molecule has 0 radical (unpaired) electrons. The minimum Gasteiger partial charge on any atom is -0.481 e. The summed E-state index contributed by atoms with van der Waals surface area (Å²) in [5.41, 5.74) is 2.51. The molecule has 5 heteroatoms. The summed E-state index contributed by atoms with van der Waals surface area (Å²) in [7, 11) is 3.93. The number of carboxylic acid groups (broad SMARTS) is 1. The van der Waals surface area contributed by atoms with Gasteiger partial charge in [-0.3, -0.25) is 4.79 Å². The van der Waals surface area contributed by atoms with Gasteiger partial charge in [0.2, 0.25) is 0 Å². The van der Waals surface area contributed by atoms with Crippen LogP contribution in [0.2, 0.25) is 0 Å². The van der Waals surface area contributed by atoms with Crippen molar-refractivity contribution in [1.82, 2.24) is 14.9 Å². The third-order valence-electron chi connectivity index (χ3n) is 2.68. The van der Waals surface area contributed by atoms with Crippen LogP contribution in [-0.2, 0) is 30.6 Å². The second kappa shape index (κ2) is 6.44. The van der Waals surface area contributed by atoms with Gasteiger partial charge in [-0.25, -0.2) is 9.97 Å². The van der Waals surface area contributed by atoms with Crippen LogP contribution in [-0.4, -0.2) is 40.0 Å². The van der Waals surface area contributed by atoms with Crippen LogP contribution < -0.4 is 0 Å². The van der Waals surface area contributed by atoms with E-state index >= 15 is 0 Å². The largest absolute Gasteiger partial charge is 0.481 e. The number of carbonyl (C=O) groups is 1. The number of hydrogen-bond acceptors (Lipinski definition) is 4. The van der Waals surface area contributed by atoms with Crippen LogP contribution in [0.1, 0.15) is 36.6 Å². The first kappa shape index (κ1) is 14.6. The second-order valence-corrected chi connectivity index (χ2v) is 4.53. The molecule has 0 saturated carbocycles. The molecule has 0 aliphatic carbocycles. The number of aromatic nitrogens is 2. The predicted octanol–water partition coefficient (Wildman–Crippen LogP) is 1.29. The van der Waals surface area contributed by atoms with Gasteiger partial charge in [-0.2, -0.15) is 0 Å². The van der Waals surface area contributed by atoms with E-state index in [0.717, 1.165) is 35.6 Å². The molecular formula is C13H21N3O2. The van der Waals surface area contributed by atoms with Gasteiger partial charge in [0, 0.05) is 17.0 Å². The van der Waals surface area contributed by atoms with Crippen molar-refractivity contribution < 1.29 is 9.90 Å². The summed E-state index contributed by atoms with van der Waals surface area (Å²) in [6.07, 6.45) is 1.48. The molecule has 0 aliphatic heterocycles. The highest BCUT2D eigenvalue weighted by Crippen LogP contribution is 2.15. The third kappa shape index (κ3) is 3.77. The molecule has 0 amide bonds. The van der Waals surface area contributed by atoms with E-state index < -0.39 is 5.97 Å². The van der Waals surface area contributed by atoms with Gasteiger partial charge >= 0.3 is 5.97 Å². The molecule has 0 aromatic carbocycles. The average molecular weight is 251 g/mol. The van der Waals surface area contributed by atoms with E-state index in [9.17, 15) is 4.79 Å². The van der Waals surface area contributed by atoms with Gasteiger partial charge in [-0.1, -0.05) is 13.8 Å². The lowest BCUT2D eigenvalue weighted by atomic mass is 10.0. The number of aryl methyl sites for hydroxylation is 2. The van der Waals surface area contributed by atoms with Crippen molar-refractivity contribution in [2.75, 3.05) is 14.1 Å². The van der Waals surface area contributed by atoms with E-state index in [4.69, 9.17) is 5.11 Å². The summed E-state index contributed by atoms with van der Waals surface area (Å²) >= 11 is 0. The standard InChI is InChI=1S/C13H21N3O2/c1-5-10-9(7-13(17)18)11(6-2)15-12(14-10)8-16(3)4/h5-8H2,1-4H3,(H,17,18). The Bertz CT molecular complexity index is 405. The Labute approximate surface area is 108 Å². The summed E-state index contributed by atoms with van der Waals surface area (Å²) < 4.78 is 0. The van der Waals surface area contributed by atoms with Crippen LogP contribution >= 0.6 is 0 Å². The van der Waals surface area contributed by atoms with Crippen LogP contribution in [0, 0.1) is 0 Å². The van der Waals surface area contributed by atoms with E-state index in [2.05, 4.69) is 9.97 Å². The number of carboxylic acids is 1. The Balaban J connectivity index is 3.20. The molecule has 1 aromatic rings. The fourth-order valence-corrected chi connectivity index (χ4v) is 1.93. The van der Waals surface area contributed by atoms with E-state index in [1.165, 1.54) is 0 Å². The summed E-state index contributed by atoms with van der Waals surface area (Å²) in [4.78, 5) is 21.9. The van der Waals surface area contributed by atoms with Gasteiger partial charge in [0.05, 0.1) is 13.0 Å². The van der Waals surface area contributed by atoms with Crippen molar-refractivity contribution in [2.45, 2.75) is 39.7 Å². The zero-order valence-corrected chi connectivity index (χ0v) is 11.5. The lowest BCUT2D eigenvalue weighted by Crippen LogP contribution is -2.18. The quantitative estimate of drug-likeness (QED) is 0.825. The zero-order chi connectivity index (χ0) is 13.7. The molecule has 18 heavy (non-hydrogen) atoms. The molecule has 1 aromatic heterocycles. The smallest absolute Gasteiger partial charge is 0.307 e. The minimum atomic E-state index is -0.830. The zero-order valence-electron chi connectivity index (χ0n) is 11.5. The highest BCUT2D eigenvalue weighted by molar-refractivity contribution is 5.71. The number of rotatable bonds is 6. The lowest BCUT2D eigenvalue weighted by molar-refractivity contribution is -0.136. The maximum atomic E-state index is 10.9. The molecule has 1 rings (SSSR count). The summed E-state index contributed by atoms with van der Waals surface area (Å²) in [6, 6.07) is 0. The molecule has 0 saturated heterocycles. The van der Waals surface area contributed by atoms with Crippen molar-refractivity contribution in [3.8, 4) is 0 Å². The van der Waals surface area contributed by atoms with Crippen LogP contribution in [0.15, 0.2) is 0 Å². The molecule has 5 nitrogen and oxygen atoms in total. The fraction of sp³-hybridized carbons (Fsp3) is 0.615. The van der Waals surface area contributed by atoms with Crippen molar-refractivity contribution in [3.05, 3.63) is 22.8 Å². The van der Waals surface area contributed by atoms with Gasteiger partial charge in [-0.05, 0) is 26.9 Å². The SMILES string of the molecule is CCc1nc(CN(C)C)nc(CC)c1CC(=O)O. The molecule has 1 heterocycles.